The Morgan fingerprint density at radius 1 is 1.22 bits per heavy atom. The zero-order valence-electron chi connectivity index (χ0n) is 12.7. The van der Waals surface area contributed by atoms with E-state index in [1.54, 1.807) is 30.2 Å². The van der Waals surface area contributed by atoms with Gasteiger partial charge in [-0.1, -0.05) is 30.3 Å². The van der Waals surface area contributed by atoms with Crippen LogP contribution in [0.3, 0.4) is 0 Å². The molecule has 1 N–H and O–H groups in total. The molecule has 5 heteroatoms. The van der Waals surface area contributed by atoms with E-state index >= 15 is 0 Å². The highest BCUT2D eigenvalue weighted by Gasteiger charge is 2.36. The van der Waals surface area contributed by atoms with Gasteiger partial charge in [0, 0.05) is 12.2 Å². The number of ether oxygens (including phenoxy) is 1. The summed E-state index contributed by atoms with van der Waals surface area (Å²) in [6.45, 7) is 0.178. The molecule has 3 rings (SSSR count). The monoisotopic (exact) mass is 311 g/mol. The summed E-state index contributed by atoms with van der Waals surface area (Å²) >= 11 is 0. The van der Waals surface area contributed by atoms with Gasteiger partial charge in [-0.3, -0.25) is 9.59 Å². The van der Waals surface area contributed by atoms with Gasteiger partial charge in [0.2, 0.25) is 5.91 Å². The van der Waals surface area contributed by atoms with E-state index in [1.165, 1.54) is 0 Å². The second-order valence-electron chi connectivity index (χ2n) is 5.48. The van der Waals surface area contributed by atoms with Crippen LogP contribution in [-0.2, 0) is 16.0 Å². The van der Waals surface area contributed by atoms with Crippen LogP contribution in [0, 0.1) is 0 Å². The molecule has 5 nitrogen and oxygen atoms in total. The number of carboxylic acid groups (broad SMARTS) is 1. The van der Waals surface area contributed by atoms with Crippen LogP contribution >= 0.6 is 0 Å². The first-order valence-corrected chi connectivity index (χ1v) is 7.35. The van der Waals surface area contributed by atoms with E-state index in [9.17, 15) is 14.7 Å². The SMILES string of the molecule is COc1cccc(CC(=O)N2C[C@H](C(=O)O)c3ccccc32)c1. The molecule has 0 unspecified atom stereocenters. The number of aliphatic carboxylic acids is 1. The summed E-state index contributed by atoms with van der Waals surface area (Å²) in [6, 6.07) is 14.5. The van der Waals surface area contributed by atoms with Crippen LogP contribution in [0.1, 0.15) is 17.0 Å². The summed E-state index contributed by atoms with van der Waals surface area (Å²) in [4.78, 5) is 25.6. The minimum Gasteiger partial charge on any atom is -0.497 e. The standard InChI is InChI=1S/C18H17NO4/c1-23-13-6-4-5-12(9-13)10-17(20)19-11-15(18(21)22)14-7-2-3-8-16(14)19/h2-9,15H,10-11H2,1H3,(H,21,22)/t15-/m0/s1. The van der Waals surface area contributed by atoms with Crippen molar-refractivity contribution >= 4 is 17.6 Å². The Bertz CT molecular complexity index is 756. The molecule has 1 aliphatic rings. The van der Waals surface area contributed by atoms with Crippen molar-refractivity contribution in [3.05, 3.63) is 59.7 Å². The second-order valence-corrected chi connectivity index (χ2v) is 5.48. The fourth-order valence-corrected chi connectivity index (χ4v) is 2.91. The molecular weight excluding hydrogens is 294 g/mol. The van der Waals surface area contributed by atoms with Gasteiger partial charge in [0.1, 0.15) is 11.7 Å². The van der Waals surface area contributed by atoms with Crippen LogP contribution in [0.25, 0.3) is 0 Å². The Kier molecular flexibility index (Phi) is 4.02. The number of nitrogens with zero attached hydrogens (tertiary/aromatic N) is 1. The van der Waals surface area contributed by atoms with E-state index in [-0.39, 0.29) is 18.9 Å². The molecule has 0 saturated carbocycles. The Morgan fingerprint density at radius 2 is 2.00 bits per heavy atom. The van der Waals surface area contributed by atoms with Crippen LogP contribution in [-0.4, -0.2) is 30.6 Å². The van der Waals surface area contributed by atoms with Gasteiger partial charge < -0.3 is 14.7 Å². The van der Waals surface area contributed by atoms with Gasteiger partial charge in [-0.05, 0) is 29.3 Å². The van der Waals surface area contributed by atoms with Gasteiger partial charge in [0.25, 0.3) is 0 Å². The summed E-state index contributed by atoms with van der Waals surface area (Å²) in [5.74, 6) is -0.996. The maximum Gasteiger partial charge on any atom is 0.312 e. The highest BCUT2D eigenvalue weighted by molar-refractivity contribution is 5.99. The minimum atomic E-state index is -0.908. The number of rotatable bonds is 4. The number of hydrogen-bond donors (Lipinski definition) is 1. The number of benzene rings is 2. The Labute approximate surface area is 134 Å². The summed E-state index contributed by atoms with van der Waals surface area (Å²) in [7, 11) is 1.58. The number of para-hydroxylation sites is 1. The van der Waals surface area contributed by atoms with Crippen molar-refractivity contribution in [1.29, 1.82) is 0 Å². The van der Waals surface area contributed by atoms with Crippen LogP contribution in [0.4, 0.5) is 5.69 Å². The predicted octanol–water partition coefficient (Wildman–Crippen LogP) is 2.45. The van der Waals surface area contributed by atoms with Gasteiger partial charge in [-0.25, -0.2) is 0 Å². The number of fused-ring (bicyclic) bond motifs is 1. The summed E-state index contributed by atoms with van der Waals surface area (Å²) in [5, 5.41) is 9.36. The van der Waals surface area contributed by atoms with Crippen molar-refractivity contribution in [3.8, 4) is 5.75 Å². The van der Waals surface area contributed by atoms with Crippen LogP contribution in [0.15, 0.2) is 48.5 Å². The molecule has 0 aliphatic carbocycles. The topological polar surface area (TPSA) is 66.8 Å². The van der Waals surface area contributed by atoms with Gasteiger partial charge >= 0.3 is 5.97 Å². The van der Waals surface area contributed by atoms with E-state index in [0.29, 0.717) is 17.0 Å². The molecule has 0 fully saturated rings. The fraction of sp³-hybridized carbons (Fsp3) is 0.222. The fourth-order valence-electron chi connectivity index (χ4n) is 2.91. The zero-order valence-corrected chi connectivity index (χ0v) is 12.7. The number of anilines is 1. The lowest BCUT2D eigenvalue weighted by Gasteiger charge is -2.17. The first-order valence-electron chi connectivity index (χ1n) is 7.35. The van der Waals surface area contributed by atoms with Crippen molar-refractivity contribution in [3.63, 3.8) is 0 Å². The molecule has 0 saturated heterocycles. The summed E-state index contributed by atoms with van der Waals surface area (Å²) in [6.07, 6.45) is 0.206. The third-order valence-electron chi connectivity index (χ3n) is 4.06. The van der Waals surface area contributed by atoms with Crippen molar-refractivity contribution in [2.75, 3.05) is 18.6 Å². The Hall–Kier alpha value is -2.82. The molecule has 0 aromatic heterocycles. The number of hydrogen-bond acceptors (Lipinski definition) is 3. The zero-order chi connectivity index (χ0) is 16.4. The van der Waals surface area contributed by atoms with E-state index in [4.69, 9.17) is 4.74 Å². The Morgan fingerprint density at radius 3 is 2.74 bits per heavy atom. The molecule has 0 spiro atoms. The molecule has 0 radical (unpaired) electrons. The maximum atomic E-state index is 12.6. The maximum absolute atomic E-state index is 12.6. The van der Waals surface area contributed by atoms with Crippen LogP contribution in [0.2, 0.25) is 0 Å². The molecule has 1 heterocycles. The van der Waals surface area contributed by atoms with Crippen LogP contribution < -0.4 is 9.64 Å². The lowest BCUT2D eigenvalue weighted by Crippen LogP contribution is -2.32. The number of carboxylic acids is 1. The van der Waals surface area contributed by atoms with Crippen molar-refractivity contribution in [2.45, 2.75) is 12.3 Å². The van der Waals surface area contributed by atoms with E-state index in [0.717, 1.165) is 5.56 Å². The molecule has 1 atom stereocenters. The van der Waals surface area contributed by atoms with Crippen molar-refractivity contribution in [1.82, 2.24) is 0 Å². The molecule has 2 aromatic rings. The van der Waals surface area contributed by atoms with Crippen LogP contribution in [0.5, 0.6) is 5.75 Å². The average Bonchev–Trinajstić information content (AvgIpc) is 2.95. The number of carbonyl (C=O) groups excluding carboxylic acids is 1. The first-order chi connectivity index (χ1) is 11.1. The molecular formula is C18H17NO4. The second kappa shape index (κ2) is 6.12. The lowest BCUT2D eigenvalue weighted by molar-refractivity contribution is -0.138. The van der Waals surface area contributed by atoms with E-state index < -0.39 is 11.9 Å². The molecule has 2 aromatic carbocycles. The normalized spacial score (nSPS) is 16.0. The highest BCUT2D eigenvalue weighted by Crippen LogP contribution is 2.36. The van der Waals surface area contributed by atoms with E-state index in [2.05, 4.69) is 0 Å². The quantitative estimate of drug-likeness (QED) is 0.942. The molecule has 1 aliphatic heterocycles. The third-order valence-corrected chi connectivity index (χ3v) is 4.06. The lowest BCUT2D eigenvalue weighted by atomic mass is 10.0. The molecule has 23 heavy (non-hydrogen) atoms. The number of methoxy groups -OCH3 is 1. The molecule has 118 valence electrons. The summed E-state index contributed by atoms with van der Waals surface area (Å²) < 4.78 is 5.16. The Balaban J connectivity index is 1.84. The smallest absolute Gasteiger partial charge is 0.312 e. The molecule has 1 amide bonds. The van der Waals surface area contributed by atoms with Gasteiger partial charge in [0.15, 0.2) is 0 Å². The predicted molar refractivity (Wildman–Crippen MR) is 85.9 cm³/mol. The largest absolute Gasteiger partial charge is 0.497 e. The van der Waals surface area contributed by atoms with Gasteiger partial charge in [-0.15, -0.1) is 0 Å². The summed E-state index contributed by atoms with van der Waals surface area (Å²) in [5.41, 5.74) is 2.22. The van der Waals surface area contributed by atoms with Crippen molar-refractivity contribution < 1.29 is 19.4 Å². The van der Waals surface area contributed by atoms with Gasteiger partial charge in [0.05, 0.1) is 13.5 Å². The van der Waals surface area contributed by atoms with Crippen molar-refractivity contribution in [2.24, 2.45) is 0 Å². The minimum absolute atomic E-state index is 0.116. The number of carbonyl (C=O) groups is 2. The molecule has 0 bridgehead atoms. The first kappa shape index (κ1) is 15.1. The van der Waals surface area contributed by atoms with Gasteiger partial charge in [-0.2, -0.15) is 0 Å². The highest BCUT2D eigenvalue weighted by atomic mass is 16.5. The average molecular weight is 311 g/mol. The van der Waals surface area contributed by atoms with E-state index in [1.807, 2.05) is 30.3 Å². The third kappa shape index (κ3) is 2.90. The number of amides is 1.